The molecule has 0 fully saturated rings. The Morgan fingerprint density at radius 1 is 0.971 bits per heavy atom. The van der Waals surface area contributed by atoms with Gasteiger partial charge in [-0.2, -0.15) is 8.42 Å². The van der Waals surface area contributed by atoms with Gasteiger partial charge in [0.25, 0.3) is 10.1 Å². The summed E-state index contributed by atoms with van der Waals surface area (Å²) in [7, 11) is -4.60. The van der Waals surface area contributed by atoms with Gasteiger partial charge in [0.1, 0.15) is 11.4 Å². The molecule has 0 aliphatic carbocycles. The second-order valence-electron chi connectivity index (χ2n) is 6.44. The minimum atomic E-state index is -4.60. The van der Waals surface area contributed by atoms with E-state index in [0.29, 0.717) is 0 Å². The highest BCUT2D eigenvalue weighted by Gasteiger charge is 2.18. The number of hydrogen-bond donors (Lipinski definition) is 5. The molecule has 0 spiro atoms. The number of thiol groups is 2. The van der Waals surface area contributed by atoms with Gasteiger partial charge in [0, 0.05) is 44.2 Å². The quantitative estimate of drug-likeness (QED) is 0.0610. The summed E-state index contributed by atoms with van der Waals surface area (Å²) >= 11 is 6.74. The Hall–Kier alpha value is -3.16. The molecule has 0 bridgehead atoms. The Morgan fingerprint density at radius 3 is 2.31 bits per heavy atom. The van der Waals surface area contributed by atoms with E-state index in [9.17, 15) is 22.9 Å². The third kappa shape index (κ3) is 6.71. The molecular weight excluding hydrogens is 530 g/mol. The summed E-state index contributed by atoms with van der Waals surface area (Å²) < 4.78 is 40.7. The number of carbonyl (C=O) groups excluding carboxylic acids is 1. The van der Waals surface area contributed by atoms with Crippen LogP contribution in [0, 0.1) is 0 Å². The number of nitrogens with zero attached hydrogens (tertiary/aromatic N) is 2. The monoisotopic (exact) mass is 545 g/mol. The van der Waals surface area contributed by atoms with Gasteiger partial charge in [-0.25, -0.2) is 0 Å². The van der Waals surface area contributed by atoms with Crippen LogP contribution >= 0.6 is 25.8 Å². The van der Waals surface area contributed by atoms with Crippen LogP contribution in [-0.2, 0) is 33.7 Å². The summed E-state index contributed by atoms with van der Waals surface area (Å²) in [4.78, 5) is 20.8. The summed E-state index contributed by atoms with van der Waals surface area (Å²) in [5.74, 6) is -0.935. The third-order valence-electron chi connectivity index (χ3n) is 4.16. The van der Waals surface area contributed by atoms with Crippen molar-refractivity contribution in [1.29, 1.82) is 0 Å². The number of rotatable bonds is 10. The Morgan fingerprint density at radius 2 is 1.66 bits per heavy atom. The number of fused-ring (bicyclic) bond motifs is 1. The number of phenols is 1. The molecule has 186 valence electrons. The largest absolute Gasteiger partial charge is 0.505 e. The van der Waals surface area contributed by atoms with Crippen LogP contribution in [0.3, 0.4) is 0 Å². The molecule has 0 aromatic heterocycles. The number of carbonyl (C=O) groups is 1. The molecule has 14 nitrogen and oxygen atoms in total. The van der Waals surface area contributed by atoms with Gasteiger partial charge < -0.3 is 20.2 Å². The molecule has 3 aromatic carbocycles. The van der Waals surface area contributed by atoms with Gasteiger partial charge in [-0.1, -0.05) is 6.07 Å². The summed E-state index contributed by atoms with van der Waals surface area (Å²) in [6.07, 6.45) is 0. The Bertz CT molecular complexity index is 1380. The van der Waals surface area contributed by atoms with E-state index in [2.05, 4.69) is 60.1 Å². The Kier molecular flexibility index (Phi) is 8.70. The van der Waals surface area contributed by atoms with Crippen molar-refractivity contribution >= 4 is 69.7 Å². The van der Waals surface area contributed by atoms with Crippen molar-refractivity contribution in [3.05, 3.63) is 42.5 Å². The van der Waals surface area contributed by atoms with Crippen molar-refractivity contribution in [2.45, 2.75) is 11.8 Å². The maximum Gasteiger partial charge on any atom is 0.294 e. The van der Waals surface area contributed by atoms with E-state index in [4.69, 9.17) is 9.78 Å². The predicted molar refractivity (Wildman–Crippen MR) is 124 cm³/mol. The molecule has 1 amide bonds. The number of aromatic hydroxyl groups is 1. The molecular formula is C18H15N3O11S3. The lowest BCUT2D eigenvalue weighted by Gasteiger charge is -2.12. The van der Waals surface area contributed by atoms with Gasteiger partial charge in [-0.3, -0.25) is 9.35 Å². The van der Waals surface area contributed by atoms with E-state index >= 15 is 0 Å². The molecule has 35 heavy (non-hydrogen) atoms. The van der Waals surface area contributed by atoms with Crippen LogP contribution in [0.4, 0.5) is 17.1 Å². The van der Waals surface area contributed by atoms with Gasteiger partial charge in [0.2, 0.25) is 5.91 Å². The SMILES string of the molecule is CC(=O)Nc1cc(S(=O)(=O)O)cc2ccc(N=Nc3cc(OOOS)ccc3OOOS)c(O)c12. The van der Waals surface area contributed by atoms with Crippen molar-refractivity contribution in [3.8, 4) is 17.2 Å². The lowest BCUT2D eigenvalue weighted by molar-refractivity contribution is -0.403. The number of phenolic OH excluding ortho intramolecular Hbond substituents is 1. The van der Waals surface area contributed by atoms with Gasteiger partial charge in [0.15, 0.2) is 17.2 Å². The van der Waals surface area contributed by atoms with Crippen LogP contribution in [0.1, 0.15) is 6.92 Å². The van der Waals surface area contributed by atoms with E-state index in [1.807, 2.05) is 0 Å². The lowest BCUT2D eigenvalue weighted by Crippen LogP contribution is -2.08. The number of benzene rings is 3. The zero-order valence-corrected chi connectivity index (χ0v) is 19.9. The smallest absolute Gasteiger partial charge is 0.294 e. The van der Waals surface area contributed by atoms with Crippen molar-refractivity contribution < 1.29 is 51.4 Å². The van der Waals surface area contributed by atoms with E-state index in [-0.39, 0.29) is 39.3 Å². The second-order valence-corrected chi connectivity index (χ2v) is 8.16. The molecule has 0 saturated carbocycles. The lowest BCUT2D eigenvalue weighted by atomic mass is 10.1. The fraction of sp³-hybridized carbons (Fsp3) is 0.0556. The highest BCUT2D eigenvalue weighted by Crippen LogP contribution is 2.42. The van der Waals surface area contributed by atoms with Crippen molar-refractivity contribution in [1.82, 2.24) is 0 Å². The standard InChI is InChI=1S/C18H15N3O11S3/c1-9(22)19-15-8-12(35(24,25)26)6-10-2-4-13(18(23)17(10)15)20-21-14-7-11(27-29-31-33)3-5-16(14)28-30-32-34/h2-8,23,33-34H,1H3,(H,19,22)(H,24,25,26). The normalized spacial score (nSPS) is 11.7. The third-order valence-corrected chi connectivity index (χ3v) is 5.12. The molecule has 0 radical (unpaired) electrons. The number of amides is 1. The molecule has 0 unspecified atom stereocenters. The number of anilines is 1. The topological polar surface area (TPSA) is 184 Å². The fourth-order valence-corrected chi connectivity index (χ4v) is 3.44. The van der Waals surface area contributed by atoms with Gasteiger partial charge in [-0.15, -0.1) is 18.9 Å². The molecule has 3 rings (SSSR count). The molecule has 3 N–H and O–H groups in total. The first-order chi connectivity index (χ1) is 16.6. The van der Waals surface area contributed by atoms with E-state index in [1.54, 1.807) is 0 Å². The zero-order valence-electron chi connectivity index (χ0n) is 17.3. The molecule has 0 heterocycles. The molecule has 0 atom stereocenters. The van der Waals surface area contributed by atoms with E-state index < -0.39 is 26.7 Å². The molecule has 3 aromatic rings. The van der Waals surface area contributed by atoms with Crippen molar-refractivity contribution in [2.75, 3.05) is 5.32 Å². The second kappa shape index (κ2) is 11.5. The molecule has 0 aliphatic heterocycles. The van der Waals surface area contributed by atoms with Crippen LogP contribution < -0.4 is 15.1 Å². The number of nitrogens with one attached hydrogen (secondary N) is 1. The first-order valence-electron chi connectivity index (χ1n) is 9.04. The maximum absolute atomic E-state index is 11.6. The van der Waals surface area contributed by atoms with Gasteiger partial charge >= 0.3 is 0 Å². The first-order valence-corrected chi connectivity index (χ1v) is 11.2. The van der Waals surface area contributed by atoms with Gasteiger partial charge in [-0.05, 0) is 45.8 Å². The van der Waals surface area contributed by atoms with E-state index in [1.165, 1.54) is 37.3 Å². The summed E-state index contributed by atoms with van der Waals surface area (Å²) in [5.41, 5.74) is -0.166. The number of azo groups is 1. The maximum atomic E-state index is 11.6. The predicted octanol–water partition coefficient (Wildman–Crippen LogP) is 4.34. The minimum absolute atomic E-state index is 0.000971. The first kappa shape index (κ1) is 26.4. The van der Waals surface area contributed by atoms with Crippen LogP contribution in [0.15, 0.2) is 57.6 Å². The van der Waals surface area contributed by atoms with Crippen LogP contribution in [-0.4, -0.2) is 24.0 Å². The fourth-order valence-electron chi connectivity index (χ4n) is 2.84. The minimum Gasteiger partial charge on any atom is -0.505 e. The Balaban J connectivity index is 2.09. The summed E-state index contributed by atoms with van der Waals surface area (Å²) in [6, 6.07) is 8.82. The van der Waals surface area contributed by atoms with Crippen molar-refractivity contribution in [2.24, 2.45) is 10.2 Å². The van der Waals surface area contributed by atoms with Gasteiger partial charge in [0.05, 0.1) is 10.6 Å². The van der Waals surface area contributed by atoms with Crippen molar-refractivity contribution in [3.63, 3.8) is 0 Å². The highest BCUT2D eigenvalue weighted by atomic mass is 32.2. The molecule has 0 saturated heterocycles. The highest BCUT2D eigenvalue weighted by molar-refractivity contribution is 7.85. The van der Waals surface area contributed by atoms with Crippen LogP contribution in [0.25, 0.3) is 10.8 Å². The summed E-state index contributed by atoms with van der Waals surface area (Å²) in [5, 5.41) is 30.0. The Labute approximate surface area is 208 Å². The van der Waals surface area contributed by atoms with Crippen LogP contribution in [0.2, 0.25) is 0 Å². The number of hydrogen-bond acceptors (Lipinski definition) is 14. The van der Waals surface area contributed by atoms with E-state index in [0.717, 1.165) is 12.1 Å². The average molecular weight is 546 g/mol. The molecule has 0 aliphatic rings. The average Bonchev–Trinajstić information content (AvgIpc) is 2.80. The molecule has 17 heteroatoms. The van der Waals surface area contributed by atoms with Crippen LogP contribution in [0.5, 0.6) is 17.2 Å². The summed E-state index contributed by atoms with van der Waals surface area (Å²) in [6.45, 7) is 1.18. The zero-order chi connectivity index (χ0) is 25.6.